The van der Waals surface area contributed by atoms with Crippen LogP contribution >= 0.6 is 16.5 Å². The fourth-order valence-corrected chi connectivity index (χ4v) is 3.84. The molecule has 0 aliphatic heterocycles. The van der Waals surface area contributed by atoms with Crippen molar-refractivity contribution in [2.24, 2.45) is 5.73 Å². The number of hydrogen-bond acceptors (Lipinski definition) is 3. The molecule has 0 bridgehead atoms. The predicted octanol–water partition coefficient (Wildman–Crippen LogP) is 6.33. The quantitative estimate of drug-likeness (QED) is 0.248. The van der Waals surface area contributed by atoms with Crippen molar-refractivity contribution in [1.29, 1.82) is 0 Å². The zero-order valence-electron chi connectivity index (χ0n) is 21.6. The Labute approximate surface area is 215 Å². The molecular weight excluding hydrogens is 496 g/mol. The summed E-state index contributed by atoms with van der Waals surface area (Å²) in [5.41, 5.74) is 15.3. The lowest BCUT2D eigenvalue weighted by atomic mass is 9.75. The molecule has 0 saturated heterocycles. The molecule has 0 unspecified atom stereocenters. The SMILES string of the molecule is CC(C)(C)c1cc(-c2ccc(-c3ccccc3)cc2)c(C(C)(C)C)cc1CN.O=[P+](O)O.O=[P+](O)O. The van der Waals surface area contributed by atoms with Gasteiger partial charge in [0.1, 0.15) is 0 Å². The van der Waals surface area contributed by atoms with Gasteiger partial charge >= 0.3 is 16.5 Å². The van der Waals surface area contributed by atoms with Crippen molar-refractivity contribution in [3.05, 3.63) is 83.4 Å². The van der Waals surface area contributed by atoms with Gasteiger partial charge in [0.05, 0.1) is 0 Å². The number of hydrogen-bond donors (Lipinski definition) is 5. The second-order valence-corrected chi connectivity index (χ2v) is 11.2. The lowest BCUT2D eigenvalue weighted by Gasteiger charge is -2.29. The minimum Gasteiger partial charge on any atom is -0.326 e. The van der Waals surface area contributed by atoms with Crippen LogP contribution in [0.5, 0.6) is 0 Å². The van der Waals surface area contributed by atoms with Crippen LogP contribution in [0.1, 0.15) is 58.2 Å². The first kappa shape index (κ1) is 31.7. The monoisotopic (exact) mass is 533 g/mol. The van der Waals surface area contributed by atoms with Crippen molar-refractivity contribution in [2.45, 2.75) is 58.9 Å². The number of nitrogens with two attached hydrogens (primary N) is 1. The molecule has 6 N–H and O–H groups in total. The Morgan fingerprint density at radius 2 is 1.03 bits per heavy atom. The minimum absolute atomic E-state index is 0.0494. The molecule has 9 heteroatoms. The largest absolute Gasteiger partial charge is 0.692 e. The van der Waals surface area contributed by atoms with Crippen molar-refractivity contribution in [3.8, 4) is 22.3 Å². The molecule has 0 amide bonds. The molecule has 194 valence electrons. The van der Waals surface area contributed by atoms with E-state index in [9.17, 15) is 0 Å². The van der Waals surface area contributed by atoms with Crippen LogP contribution in [0.3, 0.4) is 0 Å². The van der Waals surface area contributed by atoms with Gasteiger partial charge in [0.2, 0.25) is 0 Å². The standard InChI is InChI=1S/C27H33N.2HO3P/c1-26(2,3)24-17-23(25(27(4,5)6)16-22(24)18-28)21-14-12-20(13-15-21)19-10-8-7-9-11-19;2*1-4(2)3/h7-17H,18,28H2,1-6H3;2*(H-,1,2,3)/p+2. The van der Waals surface area contributed by atoms with Gasteiger partial charge in [0.25, 0.3) is 0 Å². The summed E-state index contributed by atoms with van der Waals surface area (Å²) in [6.45, 7) is 14.2. The molecule has 3 aromatic rings. The molecule has 0 fully saturated rings. The molecule has 0 saturated carbocycles. The molecule has 0 atom stereocenters. The van der Waals surface area contributed by atoms with Gasteiger partial charge in [-0.1, -0.05) is 108 Å². The van der Waals surface area contributed by atoms with Crippen LogP contribution in [0.2, 0.25) is 0 Å². The van der Waals surface area contributed by atoms with E-state index in [0.29, 0.717) is 6.54 Å². The smallest absolute Gasteiger partial charge is 0.326 e. The zero-order chi connectivity index (χ0) is 27.7. The Kier molecular flexibility index (Phi) is 12.2. The Bertz CT molecular complexity index is 1130. The van der Waals surface area contributed by atoms with Gasteiger partial charge in [-0.2, -0.15) is 0 Å². The Morgan fingerprint density at radius 1 is 0.639 bits per heavy atom. The molecule has 0 aliphatic rings. The van der Waals surface area contributed by atoms with E-state index in [-0.39, 0.29) is 10.8 Å². The van der Waals surface area contributed by atoms with Crippen molar-refractivity contribution in [3.63, 3.8) is 0 Å². The van der Waals surface area contributed by atoms with Crippen LogP contribution in [0.4, 0.5) is 0 Å². The van der Waals surface area contributed by atoms with Gasteiger partial charge in [-0.15, -0.1) is 19.6 Å². The van der Waals surface area contributed by atoms with Crippen LogP contribution in [-0.4, -0.2) is 19.6 Å². The summed E-state index contributed by atoms with van der Waals surface area (Å²) in [6.07, 6.45) is 0. The number of rotatable bonds is 3. The van der Waals surface area contributed by atoms with Gasteiger partial charge in [-0.25, -0.2) is 0 Å². The van der Waals surface area contributed by atoms with Gasteiger partial charge in [0, 0.05) is 15.7 Å². The fraction of sp³-hybridized carbons (Fsp3) is 0.333. The number of benzene rings is 3. The van der Waals surface area contributed by atoms with Gasteiger partial charge in [0.15, 0.2) is 0 Å². The zero-order valence-corrected chi connectivity index (χ0v) is 23.4. The van der Waals surface area contributed by atoms with Crippen LogP contribution < -0.4 is 5.73 Å². The summed E-state index contributed by atoms with van der Waals surface area (Å²) < 4.78 is 17.4. The Hall–Kier alpha value is -2.34. The van der Waals surface area contributed by atoms with E-state index in [1.807, 2.05) is 0 Å². The van der Waals surface area contributed by atoms with Crippen LogP contribution in [0.25, 0.3) is 22.3 Å². The predicted molar refractivity (Wildman–Crippen MR) is 147 cm³/mol. The van der Waals surface area contributed by atoms with Crippen LogP contribution in [0, 0.1) is 0 Å². The molecule has 0 radical (unpaired) electrons. The average Bonchev–Trinajstić information content (AvgIpc) is 2.77. The molecule has 0 heterocycles. The van der Waals surface area contributed by atoms with E-state index >= 15 is 0 Å². The first-order valence-corrected chi connectivity index (χ1v) is 13.6. The first-order valence-electron chi connectivity index (χ1n) is 11.3. The molecule has 0 spiro atoms. The lowest BCUT2D eigenvalue weighted by molar-refractivity contribution is 0.403. The third kappa shape index (κ3) is 10.3. The lowest BCUT2D eigenvalue weighted by Crippen LogP contribution is -2.20. The highest BCUT2D eigenvalue weighted by Crippen LogP contribution is 2.39. The van der Waals surface area contributed by atoms with Crippen molar-refractivity contribution >= 4 is 16.5 Å². The fourth-order valence-electron chi connectivity index (χ4n) is 3.84. The molecular formula is C27H37NO6P2+2. The van der Waals surface area contributed by atoms with Crippen LogP contribution in [-0.2, 0) is 26.5 Å². The maximum Gasteiger partial charge on any atom is 0.692 e. The van der Waals surface area contributed by atoms with Gasteiger partial charge in [-0.3, -0.25) is 0 Å². The van der Waals surface area contributed by atoms with Crippen molar-refractivity contribution in [2.75, 3.05) is 0 Å². The highest BCUT2D eigenvalue weighted by atomic mass is 31.1. The minimum atomic E-state index is -2.87. The highest BCUT2D eigenvalue weighted by molar-refractivity contribution is 7.31. The molecule has 7 nitrogen and oxygen atoms in total. The summed E-state index contributed by atoms with van der Waals surface area (Å²) in [5.74, 6) is 0. The molecule has 0 aromatic heterocycles. The molecule has 3 rings (SSSR count). The van der Waals surface area contributed by atoms with Crippen molar-refractivity contribution < 1.29 is 28.7 Å². The Morgan fingerprint density at radius 3 is 1.42 bits per heavy atom. The summed E-state index contributed by atoms with van der Waals surface area (Å²) >= 11 is 0. The van der Waals surface area contributed by atoms with Crippen LogP contribution in [0.15, 0.2) is 66.7 Å². The van der Waals surface area contributed by atoms with E-state index in [2.05, 4.69) is 108 Å². The Balaban J connectivity index is 0.000000709. The first-order chi connectivity index (χ1) is 16.6. The third-order valence-electron chi connectivity index (χ3n) is 5.38. The highest BCUT2D eigenvalue weighted by Gasteiger charge is 2.25. The molecule has 3 aromatic carbocycles. The van der Waals surface area contributed by atoms with E-state index in [4.69, 9.17) is 34.4 Å². The van der Waals surface area contributed by atoms with Crippen molar-refractivity contribution in [1.82, 2.24) is 0 Å². The topological polar surface area (TPSA) is 141 Å². The van der Waals surface area contributed by atoms with E-state index < -0.39 is 16.5 Å². The summed E-state index contributed by atoms with van der Waals surface area (Å²) in [6, 6.07) is 24.2. The summed E-state index contributed by atoms with van der Waals surface area (Å²) in [4.78, 5) is 28.5. The average molecular weight is 534 g/mol. The second-order valence-electron chi connectivity index (χ2n) is 10.2. The molecule has 36 heavy (non-hydrogen) atoms. The van der Waals surface area contributed by atoms with E-state index in [1.54, 1.807) is 0 Å². The van der Waals surface area contributed by atoms with Gasteiger partial charge < -0.3 is 5.73 Å². The second kappa shape index (κ2) is 13.8. The van der Waals surface area contributed by atoms with Gasteiger partial charge in [-0.05, 0) is 49.8 Å². The third-order valence-corrected chi connectivity index (χ3v) is 5.38. The molecule has 0 aliphatic carbocycles. The summed E-state index contributed by atoms with van der Waals surface area (Å²) in [5, 5.41) is 0. The summed E-state index contributed by atoms with van der Waals surface area (Å²) in [7, 11) is -5.74. The van der Waals surface area contributed by atoms with E-state index in [1.165, 1.54) is 38.9 Å². The maximum absolute atomic E-state index is 8.70. The van der Waals surface area contributed by atoms with E-state index in [0.717, 1.165) is 0 Å². The normalized spacial score (nSPS) is 11.0. The maximum atomic E-state index is 8.70.